The first-order valence-electron chi connectivity index (χ1n) is 5.44. The van der Waals surface area contributed by atoms with Crippen molar-refractivity contribution in [3.8, 4) is 0 Å². The molecule has 0 saturated carbocycles. The highest BCUT2D eigenvalue weighted by atomic mass is 16.5. The third-order valence-electron chi connectivity index (χ3n) is 3.22. The number of hydrogen-bond donors (Lipinski definition) is 1. The third-order valence-corrected chi connectivity index (χ3v) is 3.22. The Hall–Kier alpha value is -0.830. The van der Waals surface area contributed by atoms with Gasteiger partial charge in [0.15, 0.2) is 0 Å². The monoisotopic (exact) mass is 209 g/mol. The molecule has 1 aliphatic rings. The van der Waals surface area contributed by atoms with E-state index in [2.05, 4.69) is 32.9 Å². The lowest BCUT2D eigenvalue weighted by molar-refractivity contribution is 0.203. The Morgan fingerprint density at radius 2 is 2.00 bits per heavy atom. The van der Waals surface area contributed by atoms with Gasteiger partial charge in [0.1, 0.15) is 11.5 Å². The second kappa shape index (κ2) is 3.08. The molecule has 3 heteroatoms. The number of nitrogens with zero attached hydrogens (tertiary/aromatic N) is 1. The van der Waals surface area contributed by atoms with Crippen molar-refractivity contribution in [1.82, 2.24) is 5.16 Å². The van der Waals surface area contributed by atoms with E-state index in [9.17, 15) is 5.11 Å². The van der Waals surface area contributed by atoms with Crippen molar-refractivity contribution in [3.05, 3.63) is 17.0 Å². The van der Waals surface area contributed by atoms with E-state index < -0.39 is 0 Å². The van der Waals surface area contributed by atoms with Gasteiger partial charge in [-0.3, -0.25) is 0 Å². The van der Waals surface area contributed by atoms with Crippen LogP contribution in [0.5, 0.6) is 0 Å². The quantitative estimate of drug-likeness (QED) is 0.772. The lowest BCUT2D eigenvalue weighted by atomic mass is 9.64. The lowest BCUT2D eigenvalue weighted by Crippen LogP contribution is -2.34. The summed E-state index contributed by atoms with van der Waals surface area (Å²) in [5.74, 6) is 0.959. The fourth-order valence-electron chi connectivity index (χ4n) is 3.14. The average molecular weight is 209 g/mol. The molecule has 1 aliphatic carbocycles. The molecule has 1 N–H and O–H groups in total. The van der Waals surface area contributed by atoms with Gasteiger partial charge in [-0.15, -0.1) is 0 Å². The molecule has 0 bridgehead atoms. The number of aliphatic hydroxyl groups is 1. The molecule has 15 heavy (non-hydrogen) atoms. The van der Waals surface area contributed by atoms with E-state index in [1.807, 2.05) is 0 Å². The van der Waals surface area contributed by atoms with Crippen molar-refractivity contribution in [3.63, 3.8) is 0 Å². The maximum absolute atomic E-state index is 9.22. The minimum Gasteiger partial charge on any atom is -0.390 e. The summed E-state index contributed by atoms with van der Waals surface area (Å²) in [5.41, 5.74) is 2.15. The van der Waals surface area contributed by atoms with E-state index in [1.165, 1.54) is 0 Å². The summed E-state index contributed by atoms with van der Waals surface area (Å²) in [4.78, 5) is 0. The van der Waals surface area contributed by atoms with Crippen LogP contribution in [0, 0.1) is 5.41 Å². The summed E-state index contributed by atoms with van der Waals surface area (Å²) in [7, 11) is 0. The third kappa shape index (κ3) is 1.69. The maximum Gasteiger partial charge on any atom is 0.141 e. The van der Waals surface area contributed by atoms with Gasteiger partial charge >= 0.3 is 0 Å². The Labute approximate surface area is 90.5 Å². The van der Waals surface area contributed by atoms with Crippen molar-refractivity contribution in [2.45, 2.75) is 52.6 Å². The van der Waals surface area contributed by atoms with Crippen LogP contribution < -0.4 is 0 Å². The Kier molecular flexibility index (Phi) is 2.19. The zero-order chi connectivity index (χ0) is 11.3. The number of rotatable bonds is 1. The standard InChI is InChI=1S/C12H19NO2/c1-11(2)5-9-10(12(3,4)7-11)8(6-14)13-15-9/h14H,5-7H2,1-4H3. The molecule has 0 spiro atoms. The van der Waals surface area contributed by atoms with Crippen LogP contribution in [-0.2, 0) is 18.4 Å². The molecule has 0 unspecified atom stereocenters. The summed E-state index contributed by atoms with van der Waals surface area (Å²) < 4.78 is 5.34. The Morgan fingerprint density at radius 1 is 1.33 bits per heavy atom. The number of hydrogen-bond acceptors (Lipinski definition) is 3. The molecular formula is C12H19NO2. The highest BCUT2D eigenvalue weighted by molar-refractivity contribution is 5.34. The van der Waals surface area contributed by atoms with E-state index in [4.69, 9.17) is 4.52 Å². The Balaban J connectivity index is 2.53. The number of aromatic nitrogens is 1. The zero-order valence-corrected chi connectivity index (χ0v) is 9.92. The topological polar surface area (TPSA) is 46.3 Å². The zero-order valence-electron chi connectivity index (χ0n) is 9.92. The van der Waals surface area contributed by atoms with Crippen LogP contribution in [0.25, 0.3) is 0 Å². The van der Waals surface area contributed by atoms with Crippen molar-refractivity contribution in [2.75, 3.05) is 0 Å². The molecule has 0 fully saturated rings. The minimum absolute atomic E-state index is 0.0251. The first-order valence-corrected chi connectivity index (χ1v) is 5.44. The van der Waals surface area contributed by atoms with Gasteiger partial charge in [-0.2, -0.15) is 0 Å². The molecular weight excluding hydrogens is 190 g/mol. The predicted molar refractivity (Wildman–Crippen MR) is 57.6 cm³/mol. The van der Waals surface area contributed by atoms with E-state index in [-0.39, 0.29) is 17.4 Å². The van der Waals surface area contributed by atoms with Gasteiger partial charge in [-0.25, -0.2) is 0 Å². The van der Waals surface area contributed by atoms with Gasteiger partial charge in [0, 0.05) is 12.0 Å². The highest BCUT2D eigenvalue weighted by Crippen LogP contribution is 2.46. The molecule has 84 valence electrons. The van der Waals surface area contributed by atoms with Crippen LogP contribution in [0.4, 0.5) is 0 Å². The van der Waals surface area contributed by atoms with Gasteiger partial charge in [0.2, 0.25) is 0 Å². The van der Waals surface area contributed by atoms with Crippen LogP contribution in [0.1, 0.15) is 51.1 Å². The van der Waals surface area contributed by atoms with Gasteiger partial charge < -0.3 is 9.63 Å². The Bertz CT molecular complexity index is 377. The lowest BCUT2D eigenvalue weighted by Gasteiger charge is -2.39. The fraction of sp³-hybridized carbons (Fsp3) is 0.750. The number of fused-ring (bicyclic) bond motifs is 1. The highest BCUT2D eigenvalue weighted by Gasteiger charge is 2.41. The summed E-state index contributed by atoms with van der Waals surface area (Å²) in [6, 6.07) is 0. The predicted octanol–water partition coefficient (Wildman–Crippen LogP) is 2.42. The van der Waals surface area contributed by atoms with Gasteiger partial charge in [0.25, 0.3) is 0 Å². The molecule has 1 aromatic heterocycles. The molecule has 3 nitrogen and oxygen atoms in total. The second-order valence-electron chi connectivity index (χ2n) is 5.99. The SMILES string of the molecule is CC1(C)Cc2onc(CO)c2C(C)(C)C1. The van der Waals surface area contributed by atoms with Crippen LogP contribution in [0.3, 0.4) is 0 Å². The van der Waals surface area contributed by atoms with Gasteiger partial charge in [-0.1, -0.05) is 32.9 Å². The molecule has 0 aliphatic heterocycles. The largest absolute Gasteiger partial charge is 0.390 e. The summed E-state index contributed by atoms with van der Waals surface area (Å²) >= 11 is 0. The second-order valence-corrected chi connectivity index (χ2v) is 5.99. The molecule has 1 heterocycles. The van der Waals surface area contributed by atoms with Gasteiger partial charge in [0.05, 0.1) is 6.61 Å². The molecule has 2 rings (SSSR count). The molecule has 0 aromatic carbocycles. The maximum atomic E-state index is 9.22. The van der Waals surface area contributed by atoms with E-state index >= 15 is 0 Å². The van der Waals surface area contributed by atoms with E-state index in [0.29, 0.717) is 5.69 Å². The smallest absolute Gasteiger partial charge is 0.141 e. The average Bonchev–Trinajstić information content (AvgIpc) is 2.43. The van der Waals surface area contributed by atoms with Crippen molar-refractivity contribution >= 4 is 0 Å². The molecule has 0 amide bonds. The fourth-order valence-corrected chi connectivity index (χ4v) is 3.14. The van der Waals surface area contributed by atoms with Crippen LogP contribution in [0.2, 0.25) is 0 Å². The molecule has 0 radical (unpaired) electrons. The van der Waals surface area contributed by atoms with Crippen LogP contribution in [0.15, 0.2) is 4.52 Å². The van der Waals surface area contributed by atoms with Crippen molar-refractivity contribution in [2.24, 2.45) is 5.41 Å². The molecule has 0 atom stereocenters. The van der Waals surface area contributed by atoms with Crippen LogP contribution in [-0.4, -0.2) is 10.3 Å². The molecule has 0 saturated heterocycles. The Morgan fingerprint density at radius 3 is 2.60 bits per heavy atom. The summed E-state index contributed by atoms with van der Waals surface area (Å²) in [6.45, 7) is 8.87. The summed E-state index contributed by atoms with van der Waals surface area (Å²) in [6.07, 6.45) is 2.01. The number of aliphatic hydroxyl groups excluding tert-OH is 1. The summed E-state index contributed by atoms with van der Waals surface area (Å²) in [5, 5.41) is 13.2. The van der Waals surface area contributed by atoms with E-state index in [1.54, 1.807) is 0 Å². The van der Waals surface area contributed by atoms with Crippen LogP contribution >= 0.6 is 0 Å². The first-order chi connectivity index (χ1) is 6.86. The first kappa shape index (κ1) is 10.7. The van der Waals surface area contributed by atoms with Crippen molar-refractivity contribution in [1.29, 1.82) is 0 Å². The normalized spacial score (nSPS) is 22.5. The van der Waals surface area contributed by atoms with Crippen molar-refractivity contribution < 1.29 is 9.63 Å². The minimum atomic E-state index is -0.0251. The molecule has 1 aromatic rings. The van der Waals surface area contributed by atoms with E-state index in [0.717, 1.165) is 24.2 Å². The van der Waals surface area contributed by atoms with Gasteiger partial charge in [-0.05, 0) is 17.3 Å².